The zero-order chi connectivity index (χ0) is 12.1. The van der Waals surface area contributed by atoms with Crippen LogP contribution in [0.3, 0.4) is 0 Å². The van der Waals surface area contributed by atoms with E-state index < -0.39 is 12.1 Å². The Morgan fingerprint density at radius 1 is 1.50 bits per heavy atom. The summed E-state index contributed by atoms with van der Waals surface area (Å²) in [5.74, 6) is -0.384. The highest BCUT2D eigenvalue weighted by atomic mass is 79.9. The summed E-state index contributed by atoms with van der Waals surface area (Å²) in [6.45, 7) is 2.04. The van der Waals surface area contributed by atoms with Gasteiger partial charge >= 0.3 is 0 Å². The Labute approximate surface area is 104 Å². The minimum atomic E-state index is -0.691. The molecule has 0 spiro atoms. The van der Waals surface area contributed by atoms with Crippen LogP contribution in [0.2, 0.25) is 0 Å². The van der Waals surface area contributed by atoms with Crippen LogP contribution in [-0.4, -0.2) is 11.2 Å². The SMILES string of the molecule is CCCC[C@H](O)[C@H](N)c1cccc(Br)c1F. The minimum Gasteiger partial charge on any atom is -0.391 e. The number of hydrogen-bond donors (Lipinski definition) is 2. The van der Waals surface area contributed by atoms with Crippen molar-refractivity contribution in [1.82, 2.24) is 0 Å². The fraction of sp³-hybridized carbons (Fsp3) is 0.500. The van der Waals surface area contributed by atoms with Crippen molar-refractivity contribution < 1.29 is 9.50 Å². The fourth-order valence-electron chi connectivity index (χ4n) is 1.58. The molecule has 16 heavy (non-hydrogen) atoms. The zero-order valence-corrected chi connectivity index (χ0v) is 10.9. The Balaban J connectivity index is 2.79. The number of unbranched alkanes of at least 4 members (excludes halogenated alkanes) is 1. The van der Waals surface area contributed by atoms with Crippen molar-refractivity contribution in [3.63, 3.8) is 0 Å². The first-order valence-corrected chi connectivity index (χ1v) is 6.24. The van der Waals surface area contributed by atoms with Crippen LogP contribution in [0, 0.1) is 5.82 Å². The molecule has 1 rings (SSSR count). The van der Waals surface area contributed by atoms with Gasteiger partial charge in [-0.3, -0.25) is 0 Å². The molecule has 3 N–H and O–H groups in total. The van der Waals surface area contributed by atoms with Gasteiger partial charge in [0, 0.05) is 5.56 Å². The van der Waals surface area contributed by atoms with Crippen molar-refractivity contribution in [1.29, 1.82) is 0 Å². The Kier molecular flexibility index (Phi) is 5.38. The molecule has 0 aliphatic carbocycles. The number of nitrogens with two attached hydrogens (primary N) is 1. The van der Waals surface area contributed by atoms with Gasteiger partial charge in [-0.15, -0.1) is 0 Å². The van der Waals surface area contributed by atoms with Crippen LogP contribution in [0.4, 0.5) is 4.39 Å². The summed E-state index contributed by atoms with van der Waals surface area (Å²) < 4.78 is 14.1. The van der Waals surface area contributed by atoms with E-state index in [4.69, 9.17) is 5.73 Å². The molecule has 0 amide bonds. The van der Waals surface area contributed by atoms with E-state index in [0.717, 1.165) is 12.8 Å². The van der Waals surface area contributed by atoms with Crippen LogP contribution in [-0.2, 0) is 0 Å². The van der Waals surface area contributed by atoms with Gasteiger partial charge in [0.1, 0.15) is 5.82 Å². The molecule has 0 saturated carbocycles. The summed E-state index contributed by atoms with van der Waals surface area (Å²) in [4.78, 5) is 0. The van der Waals surface area contributed by atoms with Gasteiger partial charge in [0.15, 0.2) is 0 Å². The molecular formula is C12H17BrFNO. The normalized spacial score (nSPS) is 14.8. The summed E-state index contributed by atoms with van der Waals surface area (Å²) in [6.07, 6.45) is 1.79. The molecule has 0 aliphatic rings. The number of benzene rings is 1. The summed E-state index contributed by atoms with van der Waals surface area (Å²) in [7, 11) is 0. The van der Waals surface area contributed by atoms with Gasteiger partial charge in [-0.2, -0.15) is 0 Å². The second-order valence-corrected chi connectivity index (χ2v) is 4.73. The summed E-state index contributed by atoms with van der Waals surface area (Å²) in [5.41, 5.74) is 6.20. The highest BCUT2D eigenvalue weighted by Gasteiger charge is 2.20. The van der Waals surface area contributed by atoms with Crippen molar-refractivity contribution in [3.05, 3.63) is 34.1 Å². The first kappa shape index (κ1) is 13.6. The van der Waals surface area contributed by atoms with Crippen LogP contribution in [0.15, 0.2) is 22.7 Å². The molecule has 0 aliphatic heterocycles. The first-order valence-electron chi connectivity index (χ1n) is 5.45. The summed E-state index contributed by atoms with van der Waals surface area (Å²) >= 11 is 3.10. The lowest BCUT2D eigenvalue weighted by molar-refractivity contribution is 0.131. The number of hydrogen-bond acceptors (Lipinski definition) is 2. The predicted octanol–water partition coefficient (Wildman–Crippen LogP) is 3.14. The molecule has 1 aromatic carbocycles. The van der Waals surface area contributed by atoms with Gasteiger partial charge < -0.3 is 10.8 Å². The largest absolute Gasteiger partial charge is 0.391 e. The molecule has 0 fully saturated rings. The third-order valence-corrected chi connectivity index (χ3v) is 3.22. The van der Waals surface area contributed by atoms with Crippen LogP contribution >= 0.6 is 15.9 Å². The Hall–Kier alpha value is -0.450. The van der Waals surface area contributed by atoms with E-state index in [0.29, 0.717) is 16.5 Å². The van der Waals surface area contributed by atoms with Crippen molar-refractivity contribution in [3.8, 4) is 0 Å². The Bertz CT molecular complexity index is 346. The third-order valence-electron chi connectivity index (χ3n) is 2.61. The Morgan fingerprint density at radius 2 is 2.19 bits per heavy atom. The quantitative estimate of drug-likeness (QED) is 0.875. The average molecular weight is 290 g/mol. The maximum Gasteiger partial charge on any atom is 0.142 e. The molecule has 0 radical (unpaired) electrons. The van der Waals surface area contributed by atoms with E-state index in [9.17, 15) is 9.50 Å². The maximum absolute atomic E-state index is 13.7. The molecule has 4 heteroatoms. The second-order valence-electron chi connectivity index (χ2n) is 3.88. The number of rotatable bonds is 5. The van der Waals surface area contributed by atoms with Gasteiger partial charge in [-0.05, 0) is 28.4 Å². The lowest BCUT2D eigenvalue weighted by atomic mass is 9.98. The van der Waals surface area contributed by atoms with Crippen molar-refractivity contribution >= 4 is 15.9 Å². The molecule has 0 unspecified atom stereocenters. The van der Waals surface area contributed by atoms with Gasteiger partial charge in [0.05, 0.1) is 16.6 Å². The lowest BCUT2D eigenvalue weighted by Crippen LogP contribution is -2.27. The topological polar surface area (TPSA) is 46.2 Å². The smallest absolute Gasteiger partial charge is 0.142 e. The van der Waals surface area contributed by atoms with Crippen molar-refractivity contribution in [2.75, 3.05) is 0 Å². The zero-order valence-electron chi connectivity index (χ0n) is 9.29. The van der Waals surface area contributed by atoms with E-state index in [-0.39, 0.29) is 5.82 Å². The molecule has 90 valence electrons. The van der Waals surface area contributed by atoms with Crippen LogP contribution in [0.1, 0.15) is 37.8 Å². The molecule has 1 aromatic rings. The highest BCUT2D eigenvalue weighted by Crippen LogP contribution is 2.25. The van der Waals surface area contributed by atoms with Gasteiger partial charge in [0.25, 0.3) is 0 Å². The van der Waals surface area contributed by atoms with Gasteiger partial charge in [-0.1, -0.05) is 31.9 Å². The van der Waals surface area contributed by atoms with Gasteiger partial charge in [-0.25, -0.2) is 4.39 Å². The molecule has 0 aromatic heterocycles. The van der Waals surface area contributed by atoms with E-state index >= 15 is 0 Å². The van der Waals surface area contributed by atoms with E-state index in [1.807, 2.05) is 6.92 Å². The number of aliphatic hydroxyl groups excluding tert-OH is 1. The van der Waals surface area contributed by atoms with E-state index in [2.05, 4.69) is 15.9 Å². The van der Waals surface area contributed by atoms with Crippen LogP contribution < -0.4 is 5.73 Å². The fourth-order valence-corrected chi connectivity index (χ4v) is 1.96. The Morgan fingerprint density at radius 3 is 2.81 bits per heavy atom. The number of halogens is 2. The standard InChI is InChI=1S/C12H17BrFNO/c1-2-3-7-10(16)12(15)8-5-4-6-9(13)11(8)14/h4-6,10,12,16H,2-3,7,15H2,1H3/t10-,12+/m0/s1. The maximum atomic E-state index is 13.7. The van der Waals surface area contributed by atoms with Gasteiger partial charge in [0.2, 0.25) is 0 Å². The molecule has 0 heterocycles. The van der Waals surface area contributed by atoms with Crippen molar-refractivity contribution in [2.45, 2.75) is 38.3 Å². The average Bonchev–Trinajstić information content (AvgIpc) is 2.28. The summed E-state index contributed by atoms with van der Waals surface area (Å²) in [6, 6.07) is 4.28. The first-order chi connectivity index (χ1) is 7.57. The highest BCUT2D eigenvalue weighted by molar-refractivity contribution is 9.10. The molecular weight excluding hydrogens is 273 g/mol. The second kappa shape index (κ2) is 6.33. The predicted molar refractivity (Wildman–Crippen MR) is 66.6 cm³/mol. The minimum absolute atomic E-state index is 0.359. The molecule has 2 nitrogen and oxygen atoms in total. The lowest BCUT2D eigenvalue weighted by Gasteiger charge is -2.19. The van der Waals surface area contributed by atoms with Crippen molar-refractivity contribution in [2.24, 2.45) is 5.73 Å². The van der Waals surface area contributed by atoms with Crippen LogP contribution in [0.25, 0.3) is 0 Å². The molecule has 2 atom stereocenters. The van der Waals surface area contributed by atoms with E-state index in [1.54, 1.807) is 18.2 Å². The van der Waals surface area contributed by atoms with Crippen LogP contribution in [0.5, 0.6) is 0 Å². The monoisotopic (exact) mass is 289 g/mol. The number of aliphatic hydroxyl groups is 1. The third kappa shape index (κ3) is 3.27. The molecule has 0 bridgehead atoms. The summed E-state index contributed by atoms with van der Waals surface area (Å²) in [5, 5.41) is 9.81. The molecule has 0 saturated heterocycles. The van der Waals surface area contributed by atoms with E-state index in [1.165, 1.54) is 0 Å².